The van der Waals surface area contributed by atoms with Crippen LogP contribution < -0.4 is 0 Å². The van der Waals surface area contributed by atoms with Crippen LogP contribution in [0.1, 0.15) is 46.5 Å². The summed E-state index contributed by atoms with van der Waals surface area (Å²) in [5.74, 6) is -5.01. The number of hydrogen-bond donors (Lipinski definition) is 2. The van der Waals surface area contributed by atoms with Gasteiger partial charge in [0, 0.05) is 16.6 Å². The predicted octanol–water partition coefficient (Wildman–Crippen LogP) is 3.13. The van der Waals surface area contributed by atoms with Gasteiger partial charge in [-0.15, -0.1) is 0 Å². The van der Waals surface area contributed by atoms with E-state index in [1.807, 2.05) is 0 Å². The number of carboxylic acids is 2. The Bertz CT molecular complexity index is 733. The number of rotatable bonds is 11. The van der Waals surface area contributed by atoms with Crippen LogP contribution in [0, 0.1) is 16.7 Å². The zero-order valence-corrected chi connectivity index (χ0v) is 17.7. The molecule has 0 fully saturated rings. The Balaban J connectivity index is 3.37. The average Bonchev–Trinajstić information content (AvgIpc) is 2.69. The van der Waals surface area contributed by atoms with Gasteiger partial charge < -0.3 is 19.7 Å². The van der Waals surface area contributed by atoms with E-state index in [0.29, 0.717) is 6.42 Å². The molecule has 2 atom stereocenters. The lowest BCUT2D eigenvalue weighted by atomic mass is 9.61. The highest BCUT2D eigenvalue weighted by Gasteiger charge is 2.53. The molecule has 0 aromatic carbocycles. The Labute approximate surface area is 176 Å². The van der Waals surface area contributed by atoms with E-state index in [1.54, 1.807) is 13.0 Å². The SMILES string of the molecule is C=C(C)C(=O)OCC(CC)(COC(=O)C(=C)C)CC1(C(=O)O)C=CCCC1C(=O)O. The molecule has 0 radical (unpaired) electrons. The second-order valence-electron chi connectivity index (χ2n) is 7.96. The fourth-order valence-corrected chi connectivity index (χ4v) is 3.53. The molecule has 0 amide bonds. The number of aliphatic carboxylic acids is 2. The van der Waals surface area contributed by atoms with E-state index in [-0.39, 0.29) is 43.6 Å². The molecule has 0 saturated heterocycles. The summed E-state index contributed by atoms with van der Waals surface area (Å²) in [6.07, 6.45) is 3.74. The summed E-state index contributed by atoms with van der Waals surface area (Å²) in [5.41, 5.74) is -2.53. The number of carbonyl (C=O) groups is 4. The Kier molecular flexibility index (Phi) is 8.57. The van der Waals surface area contributed by atoms with Crippen LogP contribution in [0.5, 0.6) is 0 Å². The lowest BCUT2D eigenvalue weighted by molar-refractivity contribution is -0.166. The molecular formula is C22H30O8. The zero-order chi connectivity index (χ0) is 23.1. The smallest absolute Gasteiger partial charge is 0.333 e. The predicted molar refractivity (Wildman–Crippen MR) is 108 cm³/mol. The molecule has 0 aliphatic heterocycles. The Morgan fingerprint density at radius 3 is 1.93 bits per heavy atom. The largest absolute Gasteiger partial charge is 0.481 e. The third-order valence-electron chi connectivity index (χ3n) is 5.49. The fraction of sp³-hybridized carbons (Fsp3) is 0.545. The first-order valence-corrected chi connectivity index (χ1v) is 9.70. The molecule has 1 aliphatic rings. The fourth-order valence-electron chi connectivity index (χ4n) is 3.53. The Hall–Kier alpha value is -2.90. The van der Waals surface area contributed by atoms with E-state index in [2.05, 4.69) is 13.2 Å². The lowest BCUT2D eigenvalue weighted by Crippen LogP contribution is -2.49. The van der Waals surface area contributed by atoms with Crippen molar-refractivity contribution in [3.05, 3.63) is 36.5 Å². The van der Waals surface area contributed by atoms with Gasteiger partial charge in [-0.05, 0) is 39.5 Å². The quantitative estimate of drug-likeness (QED) is 0.295. The monoisotopic (exact) mass is 422 g/mol. The van der Waals surface area contributed by atoms with E-state index < -0.39 is 40.6 Å². The van der Waals surface area contributed by atoms with Gasteiger partial charge in [0.25, 0.3) is 0 Å². The van der Waals surface area contributed by atoms with Crippen molar-refractivity contribution in [2.45, 2.75) is 46.5 Å². The molecule has 1 aliphatic carbocycles. The van der Waals surface area contributed by atoms with Crippen LogP contribution in [-0.2, 0) is 28.7 Å². The summed E-state index contributed by atoms with van der Waals surface area (Å²) in [6, 6.07) is 0. The van der Waals surface area contributed by atoms with Crippen molar-refractivity contribution in [2.24, 2.45) is 16.7 Å². The van der Waals surface area contributed by atoms with Gasteiger partial charge in [0.1, 0.15) is 13.2 Å². The number of allylic oxidation sites excluding steroid dienone is 1. The molecule has 0 bridgehead atoms. The first-order valence-electron chi connectivity index (χ1n) is 9.70. The zero-order valence-electron chi connectivity index (χ0n) is 17.7. The summed E-state index contributed by atoms with van der Waals surface area (Å²) in [7, 11) is 0. The molecule has 1 rings (SSSR count). The highest BCUT2D eigenvalue weighted by atomic mass is 16.5. The molecule has 0 spiro atoms. The highest BCUT2D eigenvalue weighted by Crippen LogP contribution is 2.47. The number of ether oxygens (including phenoxy) is 2. The van der Waals surface area contributed by atoms with E-state index in [1.165, 1.54) is 19.9 Å². The van der Waals surface area contributed by atoms with Gasteiger partial charge in [0.15, 0.2) is 0 Å². The van der Waals surface area contributed by atoms with Gasteiger partial charge in [0.05, 0.1) is 11.3 Å². The first kappa shape index (κ1) is 25.1. The van der Waals surface area contributed by atoms with E-state index >= 15 is 0 Å². The molecule has 0 saturated carbocycles. The van der Waals surface area contributed by atoms with Crippen molar-refractivity contribution in [2.75, 3.05) is 13.2 Å². The van der Waals surface area contributed by atoms with Gasteiger partial charge in [-0.3, -0.25) is 9.59 Å². The number of hydrogen-bond acceptors (Lipinski definition) is 6. The second-order valence-corrected chi connectivity index (χ2v) is 7.96. The highest BCUT2D eigenvalue weighted by molar-refractivity contribution is 5.88. The molecule has 8 heteroatoms. The van der Waals surface area contributed by atoms with Crippen molar-refractivity contribution < 1.29 is 38.9 Å². The van der Waals surface area contributed by atoms with Crippen molar-refractivity contribution in [1.82, 2.24) is 0 Å². The molecule has 166 valence electrons. The second kappa shape index (κ2) is 10.2. The van der Waals surface area contributed by atoms with Crippen LogP contribution in [-0.4, -0.2) is 47.3 Å². The topological polar surface area (TPSA) is 127 Å². The molecule has 0 heterocycles. The Morgan fingerprint density at radius 2 is 1.57 bits per heavy atom. The molecule has 0 aromatic rings. The maximum absolute atomic E-state index is 12.3. The van der Waals surface area contributed by atoms with Gasteiger partial charge in [-0.25, -0.2) is 9.59 Å². The van der Waals surface area contributed by atoms with E-state index in [9.17, 15) is 29.4 Å². The van der Waals surface area contributed by atoms with Gasteiger partial charge >= 0.3 is 23.9 Å². The number of esters is 2. The van der Waals surface area contributed by atoms with Crippen molar-refractivity contribution in [3.8, 4) is 0 Å². The van der Waals surface area contributed by atoms with Gasteiger partial charge in [-0.2, -0.15) is 0 Å². The van der Waals surface area contributed by atoms with Crippen molar-refractivity contribution >= 4 is 23.9 Å². The molecule has 2 unspecified atom stereocenters. The maximum atomic E-state index is 12.3. The Morgan fingerprint density at radius 1 is 1.07 bits per heavy atom. The van der Waals surface area contributed by atoms with Crippen LogP contribution in [0.2, 0.25) is 0 Å². The third-order valence-corrected chi connectivity index (χ3v) is 5.49. The van der Waals surface area contributed by atoms with Gasteiger partial charge in [0.2, 0.25) is 0 Å². The van der Waals surface area contributed by atoms with Crippen molar-refractivity contribution in [1.29, 1.82) is 0 Å². The molecule has 0 aromatic heterocycles. The minimum absolute atomic E-state index is 0.160. The maximum Gasteiger partial charge on any atom is 0.333 e. The van der Waals surface area contributed by atoms with E-state index in [4.69, 9.17) is 9.47 Å². The molecule has 8 nitrogen and oxygen atoms in total. The van der Waals surface area contributed by atoms with E-state index in [0.717, 1.165) is 0 Å². The normalized spacial score (nSPS) is 20.8. The third kappa shape index (κ3) is 5.81. The van der Waals surface area contributed by atoms with Crippen LogP contribution >= 0.6 is 0 Å². The first-order chi connectivity index (χ1) is 13.9. The van der Waals surface area contributed by atoms with Crippen molar-refractivity contribution in [3.63, 3.8) is 0 Å². The minimum Gasteiger partial charge on any atom is -0.481 e. The minimum atomic E-state index is -1.73. The summed E-state index contributed by atoms with van der Waals surface area (Å²) in [4.78, 5) is 48.1. The summed E-state index contributed by atoms with van der Waals surface area (Å²) < 4.78 is 10.6. The number of carbonyl (C=O) groups excluding carboxylic acids is 2. The standard InChI is InChI=1S/C22H30O8/c1-6-21(12-29-18(25)14(2)3,13-30-19(26)15(4)5)11-22(20(27)28)10-8-7-9-16(22)17(23)24/h8,10,16H,2,4,6-7,9,11-13H2,1,3,5H3,(H,23,24)(H,27,28). The number of carboxylic acid groups (broad SMARTS) is 2. The van der Waals surface area contributed by atoms with Crippen LogP contribution in [0.3, 0.4) is 0 Å². The van der Waals surface area contributed by atoms with Crippen LogP contribution in [0.25, 0.3) is 0 Å². The summed E-state index contributed by atoms with van der Waals surface area (Å²) >= 11 is 0. The van der Waals surface area contributed by atoms with Crippen LogP contribution in [0.4, 0.5) is 0 Å². The lowest BCUT2D eigenvalue weighted by Gasteiger charge is -2.42. The molecular weight excluding hydrogens is 392 g/mol. The molecule has 2 N–H and O–H groups in total. The summed E-state index contributed by atoms with van der Waals surface area (Å²) in [5, 5.41) is 19.7. The van der Waals surface area contributed by atoms with Gasteiger partial charge in [-0.1, -0.05) is 32.2 Å². The average molecular weight is 422 g/mol. The summed E-state index contributed by atoms with van der Waals surface area (Å²) in [6.45, 7) is 11.2. The van der Waals surface area contributed by atoms with Crippen LogP contribution in [0.15, 0.2) is 36.5 Å². The molecule has 30 heavy (non-hydrogen) atoms.